The first-order valence-corrected chi connectivity index (χ1v) is 34.1. The van der Waals surface area contributed by atoms with Gasteiger partial charge in [0.05, 0.1) is 0 Å². The third-order valence-corrected chi connectivity index (χ3v) is 15.3. The van der Waals surface area contributed by atoms with Crippen LogP contribution in [0.3, 0.4) is 0 Å². The molecule has 0 aromatic rings. The van der Waals surface area contributed by atoms with E-state index in [1.807, 2.05) is 0 Å². The van der Waals surface area contributed by atoms with E-state index in [0.29, 0.717) is 19.3 Å². The molecule has 0 aliphatic heterocycles. The molecule has 0 rings (SSSR count). The van der Waals surface area contributed by atoms with Crippen LogP contribution in [0.1, 0.15) is 367 Å². The van der Waals surface area contributed by atoms with Crippen molar-refractivity contribution in [3.63, 3.8) is 0 Å². The van der Waals surface area contributed by atoms with Crippen molar-refractivity contribution in [2.45, 2.75) is 374 Å². The molecule has 0 N–H and O–H groups in total. The molecule has 0 aromatic carbocycles. The summed E-state index contributed by atoms with van der Waals surface area (Å²) in [5.41, 5.74) is 0. The summed E-state index contributed by atoms with van der Waals surface area (Å²) in [4.78, 5) is 38.4. The van der Waals surface area contributed by atoms with Crippen molar-refractivity contribution in [2.75, 3.05) is 13.2 Å². The van der Waals surface area contributed by atoms with Gasteiger partial charge in [-0.15, -0.1) is 0 Å². The Morgan fingerprint density at radius 3 is 0.792 bits per heavy atom. The average molecular weight is 1080 g/mol. The lowest BCUT2D eigenvalue weighted by Gasteiger charge is -2.18. The summed E-state index contributed by atoms with van der Waals surface area (Å²) in [5.74, 6) is -0.853. The molecular formula is C71H130O6. The Labute approximate surface area is 479 Å². The minimum atomic E-state index is -0.775. The number of rotatable bonds is 63. The number of hydrogen-bond acceptors (Lipinski definition) is 6. The molecule has 1 atom stereocenters. The lowest BCUT2D eigenvalue weighted by Crippen LogP contribution is -2.30. The normalized spacial score (nSPS) is 12.3. The molecule has 0 aliphatic rings. The molecule has 0 bridgehead atoms. The summed E-state index contributed by atoms with van der Waals surface area (Å²) < 4.78 is 17.0. The zero-order valence-electron chi connectivity index (χ0n) is 51.7. The highest BCUT2D eigenvalue weighted by Crippen LogP contribution is 2.18. The molecule has 0 saturated carbocycles. The number of allylic oxidation sites excluding steroid dienone is 8. The van der Waals surface area contributed by atoms with Crippen molar-refractivity contribution in [3.8, 4) is 0 Å². The maximum Gasteiger partial charge on any atom is 0.306 e. The van der Waals surface area contributed by atoms with Gasteiger partial charge in [0.2, 0.25) is 0 Å². The molecule has 0 amide bonds. The van der Waals surface area contributed by atoms with Crippen molar-refractivity contribution >= 4 is 17.9 Å². The van der Waals surface area contributed by atoms with Gasteiger partial charge in [-0.05, 0) is 57.8 Å². The molecule has 0 fully saturated rings. The first kappa shape index (κ1) is 74.4. The van der Waals surface area contributed by atoms with Crippen LogP contribution < -0.4 is 0 Å². The third kappa shape index (κ3) is 64.1. The van der Waals surface area contributed by atoms with Gasteiger partial charge in [-0.3, -0.25) is 14.4 Å². The lowest BCUT2D eigenvalue weighted by atomic mass is 10.0. The van der Waals surface area contributed by atoms with Crippen LogP contribution >= 0.6 is 0 Å². The van der Waals surface area contributed by atoms with Gasteiger partial charge in [0, 0.05) is 19.3 Å². The molecule has 6 nitrogen and oxygen atoms in total. The van der Waals surface area contributed by atoms with Crippen LogP contribution in [0.15, 0.2) is 48.6 Å². The highest BCUT2D eigenvalue weighted by Gasteiger charge is 2.19. The smallest absolute Gasteiger partial charge is 0.306 e. The first-order valence-electron chi connectivity index (χ1n) is 34.1. The van der Waals surface area contributed by atoms with E-state index in [1.54, 1.807) is 0 Å². The number of unbranched alkanes of at least 4 members (excludes halogenated alkanes) is 44. The predicted octanol–water partition coefficient (Wildman–Crippen LogP) is 23.3. The average Bonchev–Trinajstić information content (AvgIpc) is 3.43. The van der Waals surface area contributed by atoms with E-state index >= 15 is 0 Å². The minimum absolute atomic E-state index is 0.0711. The molecule has 0 radical (unpaired) electrons. The topological polar surface area (TPSA) is 78.9 Å². The monoisotopic (exact) mass is 1080 g/mol. The Hall–Kier alpha value is -2.63. The molecule has 0 aromatic heterocycles. The fourth-order valence-electron chi connectivity index (χ4n) is 10.3. The van der Waals surface area contributed by atoms with Crippen molar-refractivity contribution < 1.29 is 28.6 Å². The standard InChI is InChI=1S/C71H130O6/c1-4-7-10-13-16-19-22-25-27-29-31-33-34-35-36-38-39-41-43-46-49-52-55-58-61-64-70(73)76-67-68(66-75-69(72)63-60-57-54-51-48-45-24-21-18-15-12-9-6-3)77-71(74)65-62-59-56-53-50-47-44-42-40-37-32-30-28-26-23-20-17-14-11-8-5-2/h8,11,17,20,26,28,32,37,68H,4-7,9-10,12-16,18-19,21-25,27,29-31,33-36,38-67H2,1-3H3/b11-8-,20-17-,28-26-,37-32-. The van der Waals surface area contributed by atoms with E-state index in [1.165, 1.54) is 238 Å². The maximum atomic E-state index is 12.9. The minimum Gasteiger partial charge on any atom is -0.462 e. The number of carbonyl (C=O) groups excluding carboxylic acids is 3. The van der Waals surface area contributed by atoms with Crippen LogP contribution in [0.25, 0.3) is 0 Å². The fourth-order valence-corrected chi connectivity index (χ4v) is 10.3. The molecule has 0 heterocycles. The maximum absolute atomic E-state index is 12.9. The molecule has 1 unspecified atom stereocenters. The second-order valence-corrected chi connectivity index (χ2v) is 23.1. The summed E-state index contributed by atoms with van der Waals surface area (Å²) >= 11 is 0. The van der Waals surface area contributed by atoms with Gasteiger partial charge in [0.25, 0.3) is 0 Å². The molecule has 0 saturated heterocycles. The molecule has 0 aliphatic carbocycles. The van der Waals surface area contributed by atoms with Crippen LogP contribution in [0.4, 0.5) is 0 Å². The summed E-state index contributed by atoms with van der Waals surface area (Å²) in [5, 5.41) is 0. The van der Waals surface area contributed by atoms with Gasteiger partial charge in [-0.25, -0.2) is 0 Å². The molecule has 0 spiro atoms. The van der Waals surface area contributed by atoms with E-state index < -0.39 is 6.10 Å². The van der Waals surface area contributed by atoms with Gasteiger partial charge in [-0.1, -0.05) is 339 Å². The van der Waals surface area contributed by atoms with E-state index in [4.69, 9.17) is 14.2 Å². The summed E-state index contributed by atoms with van der Waals surface area (Å²) in [7, 11) is 0. The third-order valence-electron chi connectivity index (χ3n) is 15.3. The fraction of sp³-hybridized carbons (Fsp3) is 0.845. The largest absolute Gasteiger partial charge is 0.462 e. The Morgan fingerprint density at radius 1 is 0.273 bits per heavy atom. The Bertz CT molecular complexity index is 1330. The van der Waals surface area contributed by atoms with Crippen molar-refractivity contribution in [3.05, 3.63) is 48.6 Å². The van der Waals surface area contributed by atoms with E-state index in [-0.39, 0.29) is 31.1 Å². The Balaban J connectivity index is 4.25. The number of hydrogen-bond donors (Lipinski definition) is 0. The van der Waals surface area contributed by atoms with Gasteiger partial charge in [0.1, 0.15) is 13.2 Å². The second kappa shape index (κ2) is 65.9. The Morgan fingerprint density at radius 2 is 0.506 bits per heavy atom. The van der Waals surface area contributed by atoms with E-state index in [0.717, 1.165) is 89.9 Å². The highest BCUT2D eigenvalue weighted by atomic mass is 16.6. The lowest BCUT2D eigenvalue weighted by molar-refractivity contribution is -0.167. The van der Waals surface area contributed by atoms with Crippen molar-refractivity contribution in [1.29, 1.82) is 0 Å². The van der Waals surface area contributed by atoms with Crippen LogP contribution in [0.5, 0.6) is 0 Å². The van der Waals surface area contributed by atoms with Gasteiger partial charge >= 0.3 is 17.9 Å². The summed E-state index contributed by atoms with van der Waals surface area (Å²) in [6, 6.07) is 0. The van der Waals surface area contributed by atoms with Gasteiger partial charge < -0.3 is 14.2 Å². The number of carbonyl (C=O) groups is 3. The summed E-state index contributed by atoms with van der Waals surface area (Å²) in [6.07, 6.45) is 82.8. The van der Waals surface area contributed by atoms with Crippen molar-refractivity contribution in [2.24, 2.45) is 0 Å². The zero-order chi connectivity index (χ0) is 55.7. The van der Waals surface area contributed by atoms with Crippen LogP contribution in [-0.4, -0.2) is 37.2 Å². The number of esters is 3. The molecular weight excluding hydrogens is 949 g/mol. The van der Waals surface area contributed by atoms with Gasteiger partial charge in [-0.2, -0.15) is 0 Å². The quantitative estimate of drug-likeness (QED) is 0.0261. The van der Waals surface area contributed by atoms with Gasteiger partial charge in [0.15, 0.2) is 6.10 Å². The zero-order valence-corrected chi connectivity index (χ0v) is 51.7. The summed E-state index contributed by atoms with van der Waals surface area (Å²) in [6.45, 7) is 6.59. The van der Waals surface area contributed by atoms with Crippen LogP contribution in [0, 0.1) is 0 Å². The van der Waals surface area contributed by atoms with E-state index in [9.17, 15) is 14.4 Å². The number of ether oxygens (including phenoxy) is 3. The van der Waals surface area contributed by atoms with Crippen molar-refractivity contribution in [1.82, 2.24) is 0 Å². The second-order valence-electron chi connectivity index (χ2n) is 23.1. The van der Waals surface area contributed by atoms with Crippen LogP contribution in [0.2, 0.25) is 0 Å². The van der Waals surface area contributed by atoms with E-state index in [2.05, 4.69) is 69.4 Å². The first-order chi connectivity index (χ1) is 38.0. The highest BCUT2D eigenvalue weighted by molar-refractivity contribution is 5.71. The predicted molar refractivity (Wildman–Crippen MR) is 335 cm³/mol. The van der Waals surface area contributed by atoms with Crippen LogP contribution in [-0.2, 0) is 28.6 Å². The Kier molecular flexibility index (Phi) is 63.6. The molecule has 450 valence electrons. The SMILES string of the molecule is CC/C=C\C/C=C\C/C=C\C/C=C\CCCCCCCCCCC(=O)OC(COC(=O)CCCCCCCCCCCCCCC)COC(=O)CCCCCCCCCCCCCCCCCCCCCCCCCCC. The molecule has 6 heteroatoms. The molecule has 77 heavy (non-hydrogen) atoms.